The fourth-order valence-corrected chi connectivity index (χ4v) is 1.48. The van der Waals surface area contributed by atoms with Gasteiger partial charge in [-0.1, -0.05) is 26.8 Å². The molecule has 0 aliphatic rings. The van der Waals surface area contributed by atoms with Gasteiger partial charge in [0.05, 0.1) is 7.11 Å². The van der Waals surface area contributed by atoms with Gasteiger partial charge < -0.3 is 4.74 Å². The minimum atomic E-state index is 0.998. The van der Waals surface area contributed by atoms with E-state index in [2.05, 4.69) is 32.9 Å². The maximum atomic E-state index is 5.24. The molecule has 0 radical (unpaired) electrons. The molecule has 0 unspecified atom stereocenters. The zero-order valence-corrected chi connectivity index (χ0v) is 10.3. The largest absolute Gasteiger partial charge is 0.496 e. The first-order chi connectivity index (χ1) is 6.69. The van der Waals surface area contributed by atoms with Crippen molar-refractivity contribution in [2.24, 2.45) is 0 Å². The number of ether oxygens (including phenoxy) is 1. The predicted octanol–water partition coefficient (Wildman–Crippen LogP) is 3.90. The Morgan fingerprint density at radius 3 is 2.07 bits per heavy atom. The average Bonchev–Trinajstić information content (AvgIpc) is 2.21. The molecule has 80 valence electrons. The second kappa shape index (κ2) is 6.47. The molecule has 0 bridgehead atoms. The number of hydrogen-bond acceptors (Lipinski definition) is 1. The van der Waals surface area contributed by atoms with Crippen LogP contribution in [0.15, 0.2) is 12.1 Å². The molecule has 0 spiro atoms. The van der Waals surface area contributed by atoms with E-state index >= 15 is 0 Å². The summed E-state index contributed by atoms with van der Waals surface area (Å²) in [4.78, 5) is 0. The molecule has 1 aromatic rings. The topological polar surface area (TPSA) is 9.23 Å². The summed E-state index contributed by atoms with van der Waals surface area (Å²) in [5.74, 6) is 0.998. The van der Waals surface area contributed by atoms with Gasteiger partial charge >= 0.3 is 0 Å². The van der Waals surface area contributed by atoms with Crippen LogP contribution in [-0.2, 0) is 6.42 Å². The molecule has 14 heavy (non-hydrogen) atoms. The lowest BCUT2D eigenvalue weighted by molar-refractivity contribution is 0.411. The molecule has 0 N–H and O–H groups in total. The number of methoxy groups -OCH3 is 1. The predicted molar refractivity (Wildman–Crippen MR) is 63.2 cm³/mol. The van der Waals surface area contributed by atoms with Crippen LogP contribution < -0.4 is 4.74 Å². The van der Waals surface area contributed by atoms with Gasteiger partial charge in [0.15, 0.2) is 0 Å². The maximum Gasteiger partial charge on any atom is 0.122 e. The molecule has 0 fully saturated rings. The van der Waals surface area contributed by atoms with E-state index in [4.69, 9.17) is 4.74 Å². The summed E-state index contributed by atoms with van der Waals surface area (Å²) in [6, 6.07) is 4.31. The van der Waals surface area contributed by atoms with Gasteiger partial charge in [-0.2, -0.15) is 0 Å². The van der Waals surface area contributed by atoms with E-state index in [-0.39, 0.29) is 0 Å². The van der Waals surface area contributed by atoms with Crippen molar-refractivity contribution in [3.63, 3.8) is 0 Å². The van der Waals surface area contributed by atoms with Crippen molar-refractivity contribution in [3.8, 4) is 5.75 Å². The van der Waals surface area contributed by atoms with Crippen LogP contribution in [0.1, 0.15) is 37.5 Å². The van der Waals surface area contributed by atoms with Crippen molar-refractivity contribution in [2.75, 3.05) is 7.11 Å². The fraction of sp³-hybridized carbons (Fsp3) is 0.538. The van der Waals surface area contributed by atoms with E-state index in [0.29, 0.717) is 0 Å². The van der Waals surface area contributed by atoms with Gasteiger partial charge in [0.25, 0.3) is 0 Å². The molecule has 0 amide bonds. The summed E-state index contributed by atoms with van der Waals surface area (Å²) in [6.45, 7) is 10.4. The lowest BCUT2D eigenvalue weighted by Crippen LogP contribution is -1.92. The third-order valence-corrected chi connectivity index (χ3v) is 2.23. The lowest BCUT2D eigenvalue weighted by Gasteiger charge is -2.09. The van der Waals surface area contributed by atoms with Crippen LogP contribution in [-0.4, -0.2) is 7.11 Å². The first-order valence-corrected chi connectivity index (χ1v) is 5.33. The van der Waals surface area contributed by atoms with Crippen LogP contribution in [0.25, 0.3) is 0 Å². The Bertz CT molecular complexity index is 252. The minimum absolute atomic E-state index is 0.998. The smallest absolute Gasteiger partial charge is 0.122 e. The molecule has 1 nitrogen and oxygen atoms in total. The molecule has 0 saturated heterocycles. The van der Waals surface area contributed by atoms with E-state index in [0.717, 1.165) is 12.2 Å². The molecule has 1 rings (SSSR count). The standard InChI is InChI=1S/C11H16O.C2H6/c1-5-10-7-11(12-4)9(3)6-8(10)2;1-2/h6-7H,5H2,1-4H3;1-2H3. The Balaban J connectivity index is 0.000000791. The minimum Gasteiger partial charge on any atom is -0.496 e. The summed E-state index contributed by atoms with van der Waals surface area (Å²) < 4.78 is 5.24. The number of benzene rings is 1. The van der Waals surface area contributed by atoms with Gasteiger partial charge in [-0.25, -0.2) is 0 Å². The molecular weight excluding hydrogens is 172 g/mol. The van der Waals surface area contributed by atoms with Gasteiger partial charge in [-0.3, -0.25) is 0 Å². The normalized spacial score (nSPS) is 9.00. The highest BCUT2D eigenvalue weighted by atomic mass is 16.5. The van der Waals surface area contributed by atoms with Crippen molar-refractivity contribution in [1.82, 2.24) is 0 Å². The van der Waals surface area contributed by atoms with Crippen LogP contribution in [0, 0.1) is 13.8 Å². The number of hydrogen-bond donors (Lipinski definition) is 0. The van der Waals surface area contributed by atoms with Crippen molar-refractivity contribution in [3.05, 3.63) is 28.8 Å². The molecule has 0 atom stereocenters. The monoisotopic (exact) mass is 194 g/mol. The maximum absolute atomic E-state index is 5.24. The highest BCUT2D eigenvalue weighted by Gasteiger charge is 2.02. The zero-order valence-electron chi connectivity index (χ0n) is 10.3. The lowest BCUT2D eigenvalue weighted by atomic mass is 10.0. The second-order valence-electron chi connectivity index (χ2n) is 3.10. The molecule has 0 heterocycles. The average molecular weight is 194 g/mol. The van der Waals surface area contributed by atoms with E-state index in [1.165, 1.54) is 16.7 Å². The molecule has 1 heteroatoms. The molecule has 0 aliphatic carbocycles. The molecular formula is C13H22O. The van der Waals surface area contributed by atoms with Crippen LogP contribution in [0.5, 0.6) is 5.75 Å². The van der Waals surface area contributed by atoms with E-state index in [1.54, 1.807) is 7.11 Å². The Morgan fingerprint density at radius 2 is 1.64 bits per heavy atom. The van der Waals surface area contributed by atoms with Crippen molar-refractivity contribution in [1.29, 1.82) is 0 Å². The van der Waals surface area contributed by atoms with Crippen LogP contribution in [0.2, 0.25) is 0 Å². The molecule has 0 saturated carbocycles. The fourth-order valence-electron chi connectivity index (χ4n) is 1.48. The summed E-state index contributed by atoms with van der Waals surface area (Å²) in [6.07, 6.45) is 1.07. The summed E-state index contributed by atoms with van der Waals surface area (Å²) in [7, 11) is 1.72. The Morgan fingerprint density at radius 1 is 1.07 bits per heavy atom. The summed E-state index contributed by atoms with van der Waals surface area (Å²) >= 11 is 0. The third-order valence-electron chi connectivity index (χ3n) is 2.23. The quantitative estimate of drug-likeness (QED) is 0.693. The molecule has 0 aliphatic heterocycles. The van der Waals surface area contributed by atoms with Crippen molar-refractivity contribution >= 4 is 0 Å². The third kappa shape index (κ3) is 3.06. The van der Waals surface area contributed by atoms with Crippen molar-refractivity contribution < 1.29 is 4.74 Å². The highest BCUT2D eigenvalue weighted by molar-refractivity contribution is 5.41. The van der Waals surface area contributed by atoms with Crippen LogP contribution >= 0.6 is 0 Å². The Kier molecular flexibility index (Phi) is 6.02. The Hall–Kier alpha value is -0.980. The Labute approximate surface area is 88.1 Å². The van der Waals surface area contributed by atoms with Gasteiger partial charge in [0.2, 0.25) is 0 Å². The molecule has 1 aromatic carbocycles. The number of aryl methyl sites for hydroxylation is 3. The van der Waals surface area contributed by atoms with E-state index in [9.17, 15) is 0 Å². The first kappa shape index (κ1) is 13.0. The van der Waals surface area contributed by atoms with Crippen LogP contribution in [0.3, 0.4) is 0 Å². The van der Waals surface area contributed by atoms with Gasteiger partial charge in [-0.05, 0) is 43.0 Å². The summed E-state index contributed by atoms with van der Waals surface area (Å²) in [5, 5.41) is 0. The van der Waals surface area contributed by atoms with E-state index in [1.807, 2.05) is 13.8 Å². The van der Waals surface area contributed by atoms with Crippen molar-refractivity contribution in [2.45, 2.75) is 41.0 Å². The molecule has 0 aromatic heterocycles. The van der Waals surface area contributed by atoms with Gasteiger partial charge in [0, 0.05) is 0 Å². The van der Waals surface area contributed by atoms with E-state index < -0.39 is 0 Å². The van der Waals surface area contributed by atoms with Gasteiger partial charge in [-0.15, -0.1) is 0 Å². The SMILES string of the molecule is CC.CCc1cc(OC)c(C)cc1C. The van der Waals surface area contributed by atoms with Crippen LogP contribution in [0.4, 0.5) is 0 Å². The number of rotatable bonds is 2. The summed E-state index contributed by atoms with van der Waals surface area (Å²) in [5.41, 5.74) is 3.94. The van der Waals surface area contributed by atoms with Gasteiger partial charge in [0.1, 0.15) is 5.75 Å². The first-order valence-electron chi connectivity index (χ1n) is 5.33. The zero-order chi connectivity index (χ0) is 11.1. The highest BCUT2D eigenvalue weighted by Crippen LogP contribution is 2.22. The second-order valence-corrected chi connectivity index (χ2v) is 3.10.